The van der Waals surface area contributed by atoms with Gasteiger partial charge in [-0.15, -0.1) is 0 Å². The van der Waals surface area contributed by atoms with Crippen molar-refractivity contribution in [2.24, 2.45) is 0 Å². The van der Waals surface area contributed by atoms with Crippen molar-refractivity contribution < 1.29 is 0 Å². The number of hydrogen-bond acceptors (Lipinski definition) is 3. The van der Waals surface area contributed by atoms with Gasteiger partial charge in [0.25, 0.3) is 0 Å². The molecule has 0 saturated heterocycles. The first-order valence-electron chi connectivity index (χ1n) is 5.28. The SMILES string of the molecule is CCc1c(C)[nH]c(CCN(C)C)nc1=S. The lowest BCUT2D eigenvalue weighted by atomic mass is 10.2. The molecule has 15 heavy (non-hydrogen) atoms. The van der Waals surface area contributed by atoms with Gasteiger partial charge >= 0.3 is 0 Å². The molecule has 84 valence electrons. The summed E-state index contributed by atoms with van der Waals surface area (Å²) in [6, 6.07) is 0. The van der Waals surface area contributed by atoms with Gasteiger partial charge in [0.1, 0.15) is 10.5 Å². The summed E-state index contributed by atoms with van der Waals surface area (Å²) in [5.41, 5.74) is 2.32. The molecule has 0 amide bonds. The average Bonchev–Trinajstić information content (AvgIpc) is 2.14. The van der Waals surface area contributed by atoms with Crippen LogP contribution >= 0.6 is 12.2 Å². The van der Waals surface area contributed by atoms with E-state index in [1.807, 2.05) is 0 Å². The first-order chi connectivity index (χ1) is 7.04. The van der Waals surface area contributed by atoms with E-state index in [1.165, 1.54) is 5.56 Å². The Morgan fingerprint density at radius 2 is 2.07 bits per heavy atom. The molecular weight excluding hydrogens is 206 g/mol. The molecule has 4 heteroatoms. The third kappa shape index (κ3) is 3.39. The Labute approximate surface area is 96.5 Å². The van der Waals surface area contributed by atoms with Gasteiger partial charge in [0, 0.05) is 24.2 Å². The molecule has 0 unspecified atom stereocenters. The van der Waals surface area contributed by atoms with Crippen LogP contribution in [0, 0.1) is 11.6 Å². The van der Waals surface area contributed by atoms with Crippen LogP contribution in [0.2, 0.25) is 0 Å². The minimum Gasteiger partial charge on any atom is -0.347 e. The van der Waals surface area contributed by atoms with Crippen molar-refractivity contribution in [2.45, 2.75) is 26.7 Å². The van der Waals surface area contributed by atoms with Crippen LogP contribution in [0.3, 0.4) is 0 Å². The van der Waals surface area contributed by atoms with Crippen LogP contribution in [0.5, 0.6) is 0 Å². The van der Waals surface area contributed by atoms with Gasteiger partial charge in [0.2, 0.25) is 0 Å². The van der Waals surface area contributed by atoms with Crippen molar-refractivity contribution in [3.05, 3.63) is 21.7 Å². The van der Waals surface area contributed by atoms with Gasteiger partial charge in [-0.3, -0.25) is 0 Å². The molecule has 0 spiro atoms. The fraction of sp³-hybridized carbons (Fsp3) is 0.636. The molecular formula is C11H19N3S. The van der Waals surface area contributed by atoms with E-state index in [2.05, 4.69) is 42.8 Å². The number of nitrogens with one attached hydrogen (secondary N) is 1. The monoisotopic (exact) mass is 225 g/mol. The third-order valence-corrected chi connectivity index (χ3v) is 2.77. The molecule has 1 aromatic heterocycles. The lowest BCUT2D eigenvalue weighted by Gasteiger charge is -2.10. The number of rotatable bonds is 4. The number of aromatic nitrogens is 2. The number of hydrogen-bond donors (Lipinski definition) is 1. The summed E-state index contributed by atoms with van der Waals surface area (Å²) in [7, 11) is 4.11. The van der Waals surface area contributed by atoms with Crippen LogP contribution in [-0.2, 0) is 12.8 Å². The van der Waals surface area contributed by atoms with Crippen LogP contribution in [-0.4, -0.2) is 35.5 Å². The van der Waals surface area contributed by atoms with Crippen molar-refractivity contribution in [3.63, 3.8) is 0 Å². The van der Waals surface area contributed by atoms with E-state index in [1.54, 1.807) is 0 Å². The highest BCUT2D eigenvalue weighted by Crippen LogP contribution is 2.07. The van der Waals surface area contributed by atoms with E-state index in [4.69, 9.17) is 12.2 Å². The number of aromatic amines is 1. The highest BCUT2D eigenvalue weighted by Gasteiger charge is 2.03. The maximum absolute atomic E-state index is 5.26. The second-order valence-corrected chi connectivity index (χ2v) is 4.39. The van der Waals surface area contributed by atoms with Gasteiger partial charge in [0.05, 0.1) is 0 Å². The maximum Gasteiger partial charge on any atom is 0.133 e. The molecule has 0 aliphatic heterocycles. The average molecular weight is 225 g/mol. The molecule has 0 bridgehead atoms. The highest BCUT2D eigenvalue weighted by atomic mass is 32.1. The number of likely N-dealkylation sites (N-methyl/N-ethyl adjacent to an activating group) is 1. The second kappa shape index (κ2) is 5.37. The topological polar surface area (TPSA) is 31.9 Å². The molecule has 1 N–H and O–H groups in total. The molecule has 0 aliphatic rings. The normalized spacial score (nSPS) is 11.0. The predicted octanol–water partition coefficient (Wildman–Crippen LogP) is 2.11. The van der Waals surface area contributed by atoms with Crippen molar-refractivity contribution >= 4 is 12.2 Å². The zero-order chi connectivity index (χ0) is 11.4. The molecule has 0 saturated carbocycles. The van der Waals surface area contributed by atoms with Gasteiger partial charge in [0.15, 0.2) is 0 Å². The van der Waals surface area contributed by atoms with Crippen LogP contribution in [0.4, 0.5) is 0 Å². The van der Waals surface area contributed by atoms with E-state index in [0.29, 0.717) is 0 Å². The van der Waals surface area contributed by atoms with Crippen LogP contribution in [0.1, 0.15) is 24.0 Å². The van der Waals surface area contributed by atoms with Crippen molar-refractivity contribution in [2.75, 3.05) is 20.6 Å². The molecule has 1 rings (SSSR count). The molecule has 0 atom stereocenters. The first-order valence-corrected chi connectivity index (χ1v) is 5.68. The van der Waals surface area contributed by atoms with E-state index < -0.39 is 0 Å². The minimum absolute atomic E-state index is 0.752. The van der Waals surface area contributed by atoms with E-state index in [-0.39, 0.29) is 0 Å². The fourth-order valence-corrected chi connectivity index (χ4v) is 1.94. The van der Waals surface area contributed by atoms with Gasteiger partial charge in [-0.25, -0.2) is 4.98 Å². The predicted molar refractivity (Wildman–Crippen MR) is 65.8 cm³/mol. The van der Waals surface area contributed by atoms with Crippen LogP contribution < -0.4 is 0 Å². The Morgan fingerprint density at radius 1 is 1.40 bits per heavy atom. The summed E-state index contributed by atoms with van der Waals surface area (Å²) >= 11 is 5.26. The largest absolute Gasteiger partial charge is 0.347 e. The van der Waals surface area contributed by atoms with Gasteiger partial charge in [-0.2, -0.15) is 0 Å². The molecule has 0 aromatic carbocycles. The maximum atomic E-state index is 5.26. The Kier molecular flexibility index (Phi) is 4.42. The van der Waals surface area contributed by atoms with Gasteiger partial charge in [-0.1, -0.05) is 19.1 Å². The number of nitrogens with zero attached hydrogens (tertiary/aromatic N) is 2. The summed E-state index contributed by atoms with van der Waals surface area (Å²) in [6.07, 6.45) is 1.86. The number of aryl methyl sites for hydroxylation is 1. The Hall–Kier alpha value is -0.740. The van der Waals surface area contributed by atoms with Crippen molar-refractivity contribution in [1.82, 2.24) is 14.9 Å². The molecule has 1 heterocycles. The molecule has 1 aromatic rings. The van der Waals surface area contributed by atoms with E-state index in [9.17, 15) is 0 Å². The summed E-state index contributed by atoms with van der Waals surface area (Å²) in [6.45, 7) is 5.16. The van der Waals surface area contributed by atoms with Crippen molar-refractivity contribution in [1.29, 1.82) is 0 Å². The summed E-state index contributed by atoms with van der Waals surface area (Å²) < 4.78 is 0.752. The quantitative estimate of drug-likeness (QED) is 0.797. The Balaban J connectivity index is 2.89. The summed E-state index contributed by atoms with van der Waals surface area (Å²) in [4.78, 5) is 9.87. The lowest BCUT2D eigenvalue weighted by molar-refractivity contribution is 0.409. The van der Waals surface area contributed by atoms with Crippen molar-refractivity contribution in [3.8, 4) is 0 Å². The first kappa shape index (κ1) is 12.3. The fourth-order valence-electron chi connectivity index (χ4n) is 1.53. The zero-order valence-corrected chi connectivity index (χ0v) is 10.7. The Morgan fingerprint density at radius 3 is 2.53 bits per heavy atom. The number of H-pyrrole nitrogens is 1. The standard InChI is InChI=1S/C11H19N3S/c1-5-9-8(2)12-10(13-11(9)15)6-7-14(3)4/h5-7H2,1-4H3,(H,12,13,15). The van der Waals surface area contributed by atoms with Crippen LogP contribution in [0.25, 0.3) is 0 Å². The molecule has 0 aliphatic carbocycles. The van der Waals surface area contributed by atoms with Gasteiger partial charge in [-0.05, 0) is 27.4 Å². The smallest absolute Gasteiger partial charge is 0.133 e. The highest BCUT2D eigenvalue weighted by molar-refractivity contribution is 7.71. The third-order valence-electron chi connectivity index (χ3n) is 2.43. The minimum atomic E-state index is 0.752. The lowest BCUT2D eigenvalue weighted by Crippen LogP contribution is -2.17. The molecule has 0 radical (unpaired) electrons. The molecule has 0 fully saturated rings. The summed E-state index contributed by atoms with van der Waals surface area (Å²) in [5.74, 6) is 0.989. The Bertz CT molecular complexity index is 382. The zero-order valence-electron chi connectivity index (χ0n) is 9.92. The molecule has 3 nitrogen and oxygen atoms in total. The van der Waals surface area contributed by atoms with Gasteiger partial charge < -0.3 is 9.88 Å². The second-order valence-electron chi connectivity index (χ2n) is 4.00. The van der Waals surface area contributed by atoms with Crippen LogP contribution in [0.15, 0.2) is 0 Å². The van der Waals surface area contributed by atoms with E-state index >= 15 is 0 Å². The van der Waals surface area contributed by atoms with E-state index in [0.717, 1.165) is 35.5 Å². The summed E-state index contributed by atoms with van der Waals surface area (Å²) in [5, 5.41) is 0.